The van der Waals surface area contributed by atoms with Crippen molar-refractivity contribution in [3.63, 3.8) is 0 Å². The fourth-order valence-corrected chi connectivity index (χ4v) is 4.87. The number of ether oxygens (including phenoxy) is 2. The average molecular weight is 459 g/mol. The van der Waals surface area contributed by atoms with E-state index < -0.39 is 11.9 Å². The predicted octanol–water partition coefficient (Wildman–Crippen LogP) is 2.97. The van der Waals surface area contributed by atoms with E-state index in [1.54, 1.807) is 30.5 Å². The number of para-hydroxylation sites is 1. The third kappa shape index (κ3) is 4.86. The highest BCUT2D eigenvalue weighted by Crippen LogP contribution is 2.36. The molecule has 2 aromatic carbocycles. The number of carbonyl (C=O) groups excluding carboxylic acids is 2. The molecule has 2 fully saturated rings. The summed E-state index contributed by atoms with van der Waals surface area (Å²) in [7, 11) is 1.31. The number of benzene rings is 2. The highest BCUT2D eigenvalue weighted by atomic mass is 16.5. The molecule has 3 atom stereocenters. The highest BCUT2D eigenvalue weighted by molar-refractivity contribution is 5.87. The van der Waals surface area contributed by atoms with Gasteiger partial charge in [-0.3, -0.25) is 14.6 Å². The second-order valence-electron chi connectivity index (χ2n) is 8.30. The topological polar surface area (TPSA) is 95.2 Å². The van der Waals surface area contributed by atoms with Gasteiger partial charge in [-0.15, -0.1) is 4.99 Å². The number of aliphatic imine (C=N–C) groups is 1. The summed E-state index contributed by atoms with van der Waals surface area (Å²) in [6.45, 7) is 1.94. The highest BCUT2D eigenvalue weighted by Gasteiger charge is 2.46. The van der Waals surface area contributed by atoms with E-state index >= 15 is 0 Å². The normalized spacial score (nSPS) is 23.2. The van der Waals surface area contributed by atoms with Crippen LogP contribution in [0.15, 0.2) is 71.4 Å². The lowest BCUT2D eigenvalue weighted by Gasteiger charge is -2.41. The van der Waals surface area contributed by atoms with E-state index in [-0.39, 0.29) is 17.8 Å². The Morgan fingerprint density at radius 2 is 1.76 bits per heavy atom. The Balaban J connectivity index is 1.59. The Kier molecular flexibility index (Phi) is 7.38. The molecular weight excluding hydrogens is 432 g/mol. The van der Waals surface area contributed by atoms with E-state index in [9.17, 15) is 14.9 Å². The van der Waals surface area contributed by atoms with Crippen LogP contribution in [0.25, 0.3) is 0 Å². The molecule has 8 nitrogen and oxygen atoms in total. The number of hydrogen-bond acceptors (Lipinski definition) is 7. The third-order valence-corrected chi connectivity index (χ3v) is 6.47. The lowest BCUT2D eigenvalue weighted by Crippen LogP contribution is -2.54. The molecular formula is C26H26N4O4. The van der Waals surface area contributed by atoms with Crippen LogP contribution in [-0.2, 0) is 14.3 Å². The zero-order valence-electron chi connectivity index (χ0n) is 19.0. The summed E-state index contributed by atoms with van der Waals surface area (Å²) in [6, 6.07) is 18.9. The molecule has 0 spiro atoms. The van der Waals surface area contributed by atoms with Gasteiger partial charge in [-0.05, 0) is 43.0 Å². The van der Waals surface area contributed by atoms with Gasteiger partial charge in [0, 0.05) is 19.1 Å². The van der Waals surface area contributed by atoms with Gasteiger partial charge in [-0.25, -0.2) is 4.79 Å². The first-order chi connectivity index (χ1) is 16.7. The number of esters is 1. The van der Waals surface area contributed by atoms with Crippen molar-refractivity contribution in [2.75, 3.05) is 26.7 Å². The monoisotopic (exact) mass is 458 g/mol. The van der Waals surface area contributed by atoms with Crippen molar-refractivity contribution in [1.29, 1.82) is 5.26 Å². The van der Waals surface area contributed by atoms with E-state index in [2.05, 4.69) is 22.0 Å². The molecule has 0 aliphatic carbocycles. The van der Waals surface area contributed by atoms with Crippen molar-refractivity contribution in [2.45, 2.75) is 24.8 Å². The van der Waals surface area contributed by atoms with Crippen LogP contribution in [0.3, 0.4) is 0 Å². The Labute approximate surface area is 198 Å². The predicted molar refractivity (Wildman–Crippen MR) is 125 cm³/mol. The summed E-state index contributed by atoms with van der Waals surface area (Å²) in [5.41, 5.74) is 1.33. The summed E-state index contributed by atoms with van der Waals surface area (Å²) in [6.07, 6.45) is 3.26. The van der Waals surface area contributed by atoms with Gasteiger partial charge in [0.05, 0.1) is 7.11 Å². The smallest absolute Gasteiger partial charge is 0.317 e. The number of rotatable bonds is 4. The van der Waals surface area contributed by atoms with E-state index in [4.69, 9.17) is 9.47 Å². The van der Waals surface area contributed by atoms with Crippen LogP contribution in [0, 0.1) is 17.4 Å². The van der Waals surface area contributed by atoms with Gasteiger partial charge in [0.15, 0.2) is 0 Å². The van der Waals surface area contributed by atoms with E-state index in [1.807, 2.05) is 30.2 Å². The second kappa shape index (κ2) is 10.8. The number of nitriles is 1. The first-order valence-electron chi connectivity index (χ1n) is 11.2. The van der Waals surface area contributed by atoms with Crippen LogP contribution < -0.4 is 4.74 Å². The molecule has 0 radical (unpaired) electrons. The number of hydrogen-bond donors (Lipinski definition) is 0. The molecule has 8 heteroatoms. The molecule has 2 aromatic rings. The minimum atomic E-state index is -0.867. The van der Waals surface area contributed by atoms with Gasteiger partial charge in [-0.1, -0.05) is 48.5 Å². The zero-order chi connectivity index (χ0) is 23.9. The number of nitrogens with zero attached hydrogens (tertiary/aromatic N) is 4. The minimum Gasteiger partial charge on any atom is -0.468 e. The number of amidine groups is 1. The number of methoxy groups -OCH3 is 1. The van der Waals surface area contributed by atoms with Crippen LogP contribution in [0.2, 0.25) is 0 Å². The number of piperidine rings is 1. The SMILES string of the molecule is COC(=O)[C@H]1C(=C=O)N(C(=NC#N)Oc2ccccc2)CC[C@@H]1N1CC[C@H](c2ccccc2)C1. The lowest BCUT2D eigenvalue weighted by molar-refractivity contribution is -0.147. The maximum atomic E-state index is 12.9. The van der Waals surface area contributed by atoms with Crippen LogP contribution in [0.5, 0.6) is 5.75 Å². The molecule has 0 saturated carbocycles. The van der Waals surface area contributed by atoms with Crippen molar-refractivity contribution < 1.29 is 19.1 Å². The summed E-state index contributed by atoms with van der Waals surface area (Å²) in [5, 5.41) is 9.24. The molecule has 0 N–H and O–H groups in total. The Morgan fingerprint density at radius 3 is 2.41 bits per heavy atom. The molecule has 2 aliphatic rings. The molecule has 2 saturated heterocycles. The van der Waals surface area contributed by atoms with Crippen LogP contribution >= 0.6 is 0 Å². The first-order valence-corrected chi connectivity index (χ1v) is 11.2. The van der Waals surface area contributed by atoms with Gasteiger partial charge >= 0.3 is 12.0 Å². The Morgan fingerprint density at radius 1 is 1.06 bits per heavy atom. The molecule has 0 amide bonds. The summed E-state index contributed by atoms with van der Waals surface area (Å²) < 4.78 is 10.9. The van der Waals surface area contributed by atoms with Crippen LogP contribution in [-0.4, -0.2) is 60.5 Å². The Bertz CT molecular complexity index is 1120. The van der Waals surface area contributed by atoms with E-state index in [0.29, 0.717) is 24.6 Å². The van der Waals surface area contributed by atoms with Crippen LogP contribution in [0.4, 0.5) is 0 Å². The van der Waals surface area contributed by atoms with E-state index in [0.717, 1.165) is 19.5 Å². The van der Waals surface area contributed by atoms with Crippen molar-refractivity contribution in [3.05, 3.63) is 71.9 Å². The fraction of sp³-hybridized carbons (Fsp3) is 0.346. The maximum Gasteiger partial charge on any atom is 0.317 e. The van der Waals surface area contributed by atoms with E-state index in [1.165, 1.54) is 17.6 Å². The maximum absolute atomic E-state index is 12.9. The molecule has 4 rings (SSSR count). The van der Waals surface area contributed by atoms with Gasteiger partial charge in [0.25, 0.3) is 0 Å². The summed E-state index contributed by atoms with van der Waals surface area (Å²) in [4.78, 5) is 32.6. The van der Waals surface area contributed by atoms with Gasteiger partial charge in [0.1, 0.15) is 23.3 Å². The van der Waals surface area contributed by atoms with Crippen molar-refractivity contribution >= 4 is 17.9 Å². The van der Waals surface area contributed by atoms with Gasteiger partial charge in [0.2, 0.25) is 6.19 Å². The third-order valence-electron chi connectivity index (χ3n) is 6.47. The Hall–Kier alpha value is -3.92. The molecule has 2 heterocycles. The van der Waals surface area contributed by atoms with Crippen molar-refractivity contribution in [3.8, 4) is 11.9 Å². The fourth-order valence-electron chi connectivity index (χ4n) is 4.87. The zero-order valence-corrected chi connectivity index (χ0v) is 19.0. The largest absolute Gasteiger partial charge is 0.468 e. The summed E-state index contributed by atoms with van der Waals surface area (Å²) >= 11 is 0. The average Bonchev–Trinajstić information content (AvgIpc) is 3.38. The lowest BCUT2D eigenvalue weighted by atomic mass is 9.88. The standard InChI is InChI=1S/C26H26N4O4/c1-33-25(32)24-22(29-14-12-20(16-29)19-8-4-2-5-9-19)13-15-30(23(24)17-31)26(28-18-27)34-21-10-6-3-7-11-21/h2-11,20,22,24H,12-16H2,1H3/t20-,22-,24+/m0/s1. The second-order valence-corrected chi connectivity index (χ2v) is 8.30. The number of likely N-dealkylation sites (tertiary alicyclic amines) is 2. The molecule has 174 valence electrons. The quantitative estimate of drug-likeness (QED) is 0.229. The molecule has 0 aromatic heterocycles. The van der Waals surface area contributed by atoms with Crippen molar-refractivity contribution in [1.82, 2.24) is 9.80 Å². The van der Waals surface area contributed by atoms with Gasteiger partial charge < -0.3 is 9.47 Å². The van der Waals surface area contributed by atoms with Crippen LogP contribution in [0.1, 0.15) is 24.3 Å². The van der Waals surface area contributed by atoms with Crippen molar-refractivity contribution in [2.24, 2.45) is 10.9 Å². The molecule has 34 heavy (non-hydrogen) atoms. The molecule has 2 aliphatic heterocycles. The molecule has 0 unspecified atom stereocenters. The summed E-state index contributed by atoms with van der Waals surface area (Å²) in [5.74, 6) is 1.37. The number of carbonyl (C=O) groups is 1. The first kappa shape index (κ1) is 23.2. The minimum absolute atomic E-state index is 0.0659. The molecule has 0 bridgehead atoms. The van der Waals surface area contributed by atoms with Gasteiger partial charge in [-0.2, -0.15) is 5.26 Å².